The number of halogens is 2. The maximum Gasteiger partial charge on any atom is 0.294 e. The molecule has 30 heavy (non-hydrogen) atoms. The number of benzene rings is 2. The van der Waals surface area contributed by atoms with Crippen molar-refractivity contribution in [1.82, 2.24) is 4.90 Å². The zero-order chi connectivity index (χ0) is 21.8. The van der Waals surface area contributed by atoms with Gasteiger partial charge in [0.25, 0.3) is 11.1 Å². The van der Waals surface area contributed by atoms with Crippen LogP contribution in [0.15, 0.2) is 41.3 Å². The van der Waals surface area contributed by atoms with Gasteiger partial charge in [0.05, 0.1) is 12.0 Å². The van der Waals surface area contributed by atoms with E-state index in [1.165, 1.54) is 13.2 Å². The lowest BCUT2D eigenvalue weighted by Gasteiger charge is -2.13. The van der Waals surface area contributed by atoms with E-state index in [9.17, 15) is 14.4 Å². The van der Waals surface area contributed by atoms with Gasteiger partial charge in [-0.05, 0) is 47.7 Å². The highest BCUT2D eigenvalue weighted by molar-refractivity contribution is 8.18. The summed E-state index contributed by atoms with van der Waals surface area (Å²) in [6, 6.07) is 10.2. The summed E-state index contributed by atoms with van der Waals surface area (Å²) in [5.74, 6) is -0.465. The number of hydrogen-bond donors (Lipinski definition) is 1. The smallest absolute Gasteiger partial charge is 0.294 e. The third-order valence-corrected chi connectivity index (χ3v) is 5.72. The molecule has 0 bridgehead atoms. The normalized spacial score (nSPS) is 15.0. The van der Waals surface area contributed by atoms with Crippen molar-refractivity contribution in [2.75, 3.05) is 13.7 Å². The fourth-order valence-electron chi connectivity index (χ4n) is 2.66. The number of amides is 3. The van der Waals surface area contributed by atoms with Crippen LogP contribution in [0.1, 0.15) is 11.1 Å². The molecule has 0 atom stereocenters. The van der Waals surface area contributed by atoms with Crippen molar-refractivity contribution < 1.29 is 23.9 Å². The lowest BCUT2D eigenvalue weighted by molar-refractivity contribution is -0.127. The number of nitrogens with two attached hydrogens (primary N) is 1. The van der Waals surface area contributed by atoms with Gasteiger partial charge in [-0.3, -0.25) is 19.3 Å². The molecular formula is C20H16Cl2N2O5S. The summed E-state index contributed by atoms with van der Waals surface area (Å²) in [6.07, 6.45) is 1.53. The van der Waals surface area contributed by atoms with Gasteiger partial charge in [0.2, 0.25) is 5.91 Å². The highest BCUT2D eigenvalue weighted by Gasteiger charge is 2.35. The van der Waals surface area contributed by atoms with Gasteiger partial charge in [0, 0.05) is 15.6 Å². The molecule has 156 valence electrons. The summed E-state index contributed by atoms with van der Waals surface area (Å²) in [4.78, 5) is 36.3. The number of carbonyl (C=O) groups excluding carboxylic acids is 3. The lowest BCUT2D eigenvalue weighted by atomic mass is 10.1. The molecule has 0 radical (unpaired) electrons. The number of primary amides is 1. The first-order valence-electron chi connectivity index (χ1n) is 8.57. The molecular weight excluding hydrogens is 451 g/mol. The maximum atomic E-state index is 12.3. The Balaban J connectivity index is 1.79. The highest BCUT2D eigenvalue weighted by Crippen LogP contribution is 2.35. The SMILES string of the molecule is COc1cc(/C=C2\SC(=O)N(CC(N)=O)C2=O)ccc1OCc1c(Cl)cccc1Cl. The Morgan fingerprint density at radius 3 is 2.50 bits per heavy atom. The van der Waals surface area contributed by atoms with Gasteiger partial charge >= 0.3 is 0 Å². The van der Waals surface area contributed by atoms with Gasteiger partial charge in [0.1, 0.15) is 13.2 Å². The van der Waals surface area contributed by atoms with Crippen LogP contribution in [0.2, 0.25) is 10.0 Å². The Morgan fingerprint density at radius 1 is 1.17 bits per heavy atom. The first-order chi connectivity index (χ1) is 14.3. The molecule has 10 heteroatoms. The van der Waals surface area contributed by atoms with Gasteiger partial charge in [-0.1, -0.05) is 35.3 Å². The number of methoxy groups -OCH3 is 1. The van der Waals surface area contributed by atoms with Crippen molar-refractivity contribution in [2.45, 2.75) is 6.61 Å². The van der Waals surface area contributed by atoms with E-state index < -0.39 is 23.6 Å². The van der Waals surface area contributed by atoms with Crippen molar-refractivity contribution in [3.05, 3.63) is 62.5 Å². The highest BCUT2D eigenvalue weighted by atomic mass is 35.5. The average molecular weight is 467 g/mol. The van der Waals surface area contributed by atoms with Crippen LogP contribution < -0.4 is 15.2 Å². The van der Waals surface area contributed by atoms with E-state index >= 15 is 0 Å². The Morgan fingerprint density at radius 2 is 1.87 bits per heavy atom. The van der Waals surface area contributed by atoms with Crippen LogP contribution in [-0.4, -0.2) is 35.6 Å². The number of nitrogens with zero attached hydrogens (tertiary/aromatic N) is 1. The molecule has 1 heterocycles. The second-order valence-electron chi connectivity index (χ2n) is 6.13. The molecule has 3 amide bonds. The van der Waals surface area contributed by atoms with E-state index in [0.29, 0.717) is 32.7 Å². The molecule has 7 nitrogen and oxygen atoms in total. The number of hydrogen-bond acceptors (Lipinski definition) is 6. The standard InChI is InChI=1S/C20H16Cl2N2O5S/c1-28-16-7-11(8-17-19(26)24(9-18(23)25)20(27)30-17)5-6-15(16)29-10-12-13(21)3-2-4-14(12)22/h2-8H,9-10H2,1H3,(H2,23,25)/b17-8-. The van der Waals surface area contributed by atoms with Crippen LogP contribution in [0.4, 0.5) is 4.79 Å². The van der Waals surface area contributed by atoms with Crippen LogP contribution in [0.5, 0.6) is 11.5 Å². The Hall–Kier alpha value is -2.68. The third kappa shape index (κ3) is 4.89. The van der Waals surface area contributed by atoms with Crippen LogP contribution >= 0.6 is 35.0 Å². The fourth-order valence-corrected chi connectivity index (χ4v) is 4.00. The number of carbonyl (C=O) groups is 3. The van der Waals surface area contributed by atoms with E-state index in [1.54, 1.807) is 36.4 Å². The van der Waals surface area contributed by atoms with Crippen LogP contribution in [-0.2, 0) is 16.2 Å². The van der Waals surface area contributed by atoms with E-state index in [4.69, 9.17) is 38.4 Å². The average Bonchev–Trinajstić information content (AvgIpc) is 2.95. The van der Waals surface area contributed by atoms with E-state index in [1.807, 2.05) is 0 Å². The molecule has 2 N–H and O–H groups in total. The first-order valence-corrected chi connectivity index (χ1v) is 10.1. The molecule has 0 unspecified atom stereocenters. The molecule has 3 rings (SSSR count). The molecule has 0 aromatic heterocycles. The van der Waals surface area contributed by atoms with E-state index in [-0.39, 0.29) is 11.5 Å². The predicted molar refractivity (Wildman–Crippen MR) is 116 cm³/mol. The van der Waals surface area contributed by atoms with Crippen molar-refractivity contribution in [1.29, 1.82) is 0 Å². The second-order valence-corrected chi connectivity index (χ2v) is 7.94. The molecule has 0 aliphatic carbocycles. The topological polar surface area (TPSA) is 98.9 Å². The summed E-state index contributed by atoms with van der Waals surface area (Å²) < 4.78 is 11.2. The maximum absolute atomic E-state index is 12.3. The molecule has 1 fully saturated rings. The molecule has 0 saturated carbocycles. The summed E-state index contributed by atoms with van der Waals surface area (Å²) in [7, 11) is 1.48. The fraction of sp³-hybridized carbons (Fsp3) is 0.150. The molecule has 2 aromatic rings. The van der Waals surface area contributed by atoms with E-state index in [0.717, 1.165) is 16.7 Å². The predicted octanol–water partition coefficient (Wildman–Crippen LogP) is 4.10. The van der Waals surface area contributed by atoms with Crippen molar-refractivity contribution >= 4 is 58.1 Å². The van der Waals surface area contributed by atoms with Crippen LogP contribution in [0.25, 0.3) is 6.08 Å². The second kappa shape index (κ2) is 9.42. The van der Waals surface area contributed by atoms with Crippen molar-refractivity contribution in [2.24, 2.45) is 5.73 Å². The largest absolute Gasteiger partial charge is 0.493 e. The molecule has 2 aromatic carbocycles. The summed E-state index contributed by atoms with van der Waals surface area (Å²) in [6.45, 7) is -0.317. The van der Waals surface area contributed by atoms with Gasteiger partial charge < -0.3 is 15.2 Å². The zero-order valence-corrected chi connectivity index (χ0v) is 18.0. The van der Waals surface area contributed by atoms with Gasteiger partial charge in [-0.25, -0.2) is 0 Å². The minimum Gasteiger partial charge on any atom is -0.493 e. The summed E-state index contributed by atoms with van der Waals surface area (Å²) in [5, 5.41) is 0.433. The number of thioether (sulfide) groups is 1. The van der Waals surface area contributed by atoms with Crippen molar-refractivity contribution in [3.8, 4) is 11.5 Å². The first kappa shape index (κ1) is 22.0. The molecule has 1 aliphatic heterocycles. The van der Waals surface area contributed by atoms with Crippen molar-refractivity contribution in [3.63, 3.8) is 0 Å². The monoisotopic (exact) mass is 466 g/mol. The minimum atomic E-state index is -0.764. The van der Waals surface area contributed by atoms with Gasteiger partial charge in [0.15, 0.2) is 11.5 Å². The quantitative estimate of drug-likeness (QED) is 0.616. The van der Waals surface area contributed by atoms with Gasteiger partial charge in [-0.2, -0.15) is 0 Å². The molecule has 0 spiro atoms. The zero-order valence-electron chi connectivity index (χ0n) is 15.7. The van der Waals surface area contributed by atoms with E-state index in [2.05, 4.69) is 0 Å². The number of rotatable bonds is 7. The molecule has 1 aliphatic rings. The Kier molecular flexibility index (Phi) is 6.91. The third-order valence-electron chi connectivity index (χ3n) is 4.11. The minimum absolute atomic E-state index is 0.139. The molecule has 1 saturated heterocycles. The van der Waals surface area contributed by atoms with Crippen LogP contribution in [0.3, 0.4) is 0 Å². The summed E-state index contributed by atoms with van der Waals surface area (Å²) in [5.41, 5.74) is 6.34. The van der Waals surface area contributed by atoms with Crippen LogP contribution in [0, 0.1) is 0 Å². The van der Waals surface area contributed by atoms with Gasteiger partial charge in [-0.15, -0.1) is 0 Å². The lowest BCUT2D eigenvalue weighted by Crippen LogP contribution is -2.36. The summed E-state index contributed by atoms with van der Waals surface area (Å²) >= 11 is 13.1. The number of ether oxygens (including phenoxy) is 2. The Bertz CT molecular complexity index is 1040. The number of imide groups is 1. The Labute approximate surface area is 186 Å².